The Bertz CT molecular complexity index is 372. The number of benzene rings is 1. The van der Waals surface area contributed by atoms with E-state index in [0.29, 0.717) is 12.0 Å². The van der Waals surface area contributed by atoms with Gasteiger partial charge in [0, 0.05) is 10.0 Å². The number of aryl methyl sites for hydroxylation is 1. The predicted octanol–water partition coefficient (Wildman–Crippen LogP) is 3.11. The van der Waals surface area contributed by atoms with Crippen molar-refractivity contribution in [3.63, 3.8) is 0 Å². The molecule has 15 heavy (non-hydrogen) atoms. The van der Waals surface area contributed by atoms with Crippen LogP contribution in [0.25, 0.3) is 0 Å². The predicted molar refractivity (Wildman–Crippen MR) is 63.6 cm³/mol. The van der Waals surface area contributed by atoms with Gasteiger partial charge in [-0.05, 0) is 30.5 Å². The summed E-state index contributed by atoms with van der Waals surface area (Å²) in [4.78, 5) is 11.1. The summed E-state index contributed by atoms with van der Waals surface area (Å²) in [5, 5.41) is 0. The summed E-state index contributed by atoms with van der Waals surface area (Å²) < 4.78 is 5.62. The van der Waals surface area contributed by atoms with Crippen molar-refractivity contribution in [2.24, 2.45) is 0 Å². The van der Waals surface area contributed by atoms with Crippen LogP contribution in [0.2, 0.25) is 0 Å². The van der Waals surface area contributed by atoms with Gasteiger partial charge in [0.25, 0.3) is 0 Å². The molecule has 1 aromatic rings. The van der Waals surface area contributed by atoms with E-state index in [1.807, 2.05) is 24.3 Å². The van der Waals surface area contributed by atoms with Gasteiger partial charge in [0.1, 0.15) is 0 Å². The number of hydrogen-bond donors (Lipinski definition) is 0. The average molecular weight is 269 g/mol. The van der Waals surface area contributed by atoms with Crippen LogP contribution in [0.3, 0.4) is 0 Å². The highest BCUT2D eigenvalue weighted by Gasteiger charge is 2.06. The third-order valence-electron chi connectivity index (χ3n) is 2.08. The monoisotopic (exact) mass is 268 g/mol. The summed E-state index contributed by atoms with van der Waals surface area (Å²) in [7, 11) is 1.37. The second kappa shape index (κ2) is 5.71. The van der Waals surface area contributed by atoms with E-state index in [2.05, 4.69) is 27.2 Å². The Hall–Kier alpha value is -1.09. The molecule has 0 aromatic heterocycles. The Morgan fingerprint density at radius 3 is 2.87 bits per heavy atom. The number of esters is 1. The van der Waals surface area contributed by atoms with Crippen LogP contribution in [0.5, 0.6) is 0 Å². The number of halogens is 1. The molecule has 0 fully saturated rings. The molecule has 2 nitrogen and oxygen atoms in total. The normalized spacial score (nSPS) is 9.73. The first kappa shape index (κ1) is 12.0. The quantitative estimate of drug-likeness (QED) is 0.620. The van der Waals surface area contributed by atoms with Gasteiger partial charge in [-0.2, -0.15) is 0 Å². The molecule has 0 atom stereocenters. The second-order valence-corrected chi connectivity index (χ2v) is 4.14. The van der Waals surface area contributed by atoms with Gasteiger partial charge in [-0.15, -0.1) is 0 Å². The molecule has 0 saturated carbocycles. The molecule has 3 heteroatoms. The van der Waals surface area contributed by atoms with Crippen molar-refractivity contribution in [2.45, 2.75) is 12.8 Å². The van der Waals surface area contributed by atoms with Crippen LogP contribution >= 0.6 is 15.9 Å². The number of ether oxygens (including phenoxy) is 1. The fourth-order valence-electron chi connectivity index (χ4n) is 1.23. The zero-order chi connectivity index (χ0) is 11.3. The van der Waals surface area contributed by atoms with Crippen molar-refractivity contribution < 1.29 is 9.53 Å². The zero-order valence-corrected chi connectivity index (χ0v) is 10.2. The molecular formula is C12H13BrO2. The van der Waals surface area contributed by atoms with E-state index in [1.165, 1.54) is 12.7 Å². The summed E-state index contributed by atoms with van der Waals surface area (Å²) in [6.07, 6.45) is 1.43. The minimum Gasteiger partial charge on any atom is -0.466 e. The van der Waals surface area contributed by atoms with Crippen molar-refractivity contribution in [3.05, 3.63) is 46.5 Å². The Labute approximate surface area is 98.1 Å². The molecule has 0 spiro atoms. The molecule has 80 valence electrons. The van der Waals surface area contributed by atoms with Crippen LogP contribution in [0.15, 0.2) is 40.9 Å². The molecule has 0 heterocycles. The number of methoxy groups -OCH3 is 1. The molecule has 0 amide bonds. The van der Waals surface area contributed by atoms with Crippen molar-refractivity contribution in [2.75, 3.05) is 7.11 Å². The summed E-state index contributed by atoms with van der Waals surface area (Å²) in [6.45, 7) is 3.68. The SMILES string of the molecule is C=C(CCc1cccc(Br)c1)C(=O)OC. The van der Waals surface area contributed by atoms with Gasteiger partial charge in [0.05, 0.1) is 7.11 Å². The van der Waals surface area contributed by atoms with Crippen molar-refractivity contribution >= 4 is 21.9 Å². The molecule has 0 unspecified atom stereocenters. The first-order chi connectivity index (χ1) is 7.13. The highest BCUT2D eigenvalue weighted by Crippen LogP contribution is 2.14. The van der Waals surface area contributed by atoms with Gasteiger partial charge in [0.2, 0.25) is 0 Å². The van der Waals surface area contributed by atoms with Crippen LogP contribution in [0, 0.1) is 0 Å². The topological polar surface area (TPSA) is 26.3 Å². The van der Waals surface area contributed by atoms with Gasteiger partial charge in [0.15, 0.2) is 0 Å². The minimum absolute atomic E-state index is 0.329. The van der Waals surface area contributed by atoms with E-state index in [0.717, 1.165) is 10.9 Å². The maximum Gasteiger partial charge on any atom is 0.333 e. The standard InChI is InChI=1S/C12H13BrO2/c1-9(12(14)15-2)6-7-10-4-3-5-11(13)8-10/h3-5,8H,1,6-7H2,2H3. The van der Waals surface area contributed by atoms with E-state index in [4.69, 9.17) is 0 Å². The van der Waals surface area contributed by atoms with E-state index in [1.54, 1.807) is 0 Å². The highest BCUT2D eigenvalue weighted by atomic mass is 79.9. The summed E-state index contributed by atoms with van der Waals surface area (Å²) in [5.74, 6) is -0.329. The smallest absolute Gasteiger partial charge is 0.333 e. The summed E-state index contributed by atoms with van der Waals surface area (Å²) in [6, 6.07) is 8.00. The van der Waals surface area contributed by atoms with Gasteiger partial charge in [-0.25, -0.2) is 4.79 Å². The molecule has 0 aliphatic heterocycles. The molecule has 0 aliphatic rings. The molecule has 0 bridgehead atoms. The minimum atomic E-state index is -0.329. The summed E-state index contributed by atoms with van der Waals surface area (Å²) >= 11 is 3.40. The Morgan fingerprint density at radius 2 is 2.27 bits per heavy atom. The maximum absolute atomic E-state index is 11.1. The average Bonchev–Trinajstić information content (AvgIpc) is 2.25. The molecule has 1 rings (SSSR count). The van der Waals surface area contributed by atoms with Crippen molar-refractivity contribution in [1.29, 1.82) is 0 Å². The lowest BCUT2D eigenvalue weighted by atomic mass is 10.1. The van der Waals surface area contributed by atoms with Gasteiger partial charge < -0.3 is 4.74 Å². The van der Waals surface area contributed by atoms with E-state index in [-0.39, 0.29) is 5.97 Å². The summed E-state index contributed by atoms with van der Waals surface area (Å²) in [5.41, 5.74) is 1.69. The van der Waals surface area contributed by atoms with E-state index >= 15 is 0 Å². The Balaban J connectivity index is 2.50. The third kappa shape index (κ3) is 3.88. The van der Waals surface area contributed by atoms with Gasteiger partial charge >= 0.3 is 5.97 Å². The van der Waals surface area contributed by atoms with Crippen LogP contribution < -0.4 is 0 Å². The lowest BCUT2D eigenvalue weighted by Crippen LogP contribution is -2.04. The van der Waals surface area contributed by atoms with E-state index in [9.17, 15) is 4.79 Å². The van der Waals surface area contributed by atoms with Crippen LogP contribution in [0.4, 0.5) is 0 Å². The molecule has 0 N–H and O–H groups in total. The largest absolute Gasteiger partial charge is 0.466 e. The van der Waals surface area contributed by atoms with Crippen molar-refractivity contribution in [3.8, 4) is 0 Å². The number of carbonyl (C=O) groups excluding carboxylic acids is 1. The number of rotatable bonds is 4. The van der Waals surface area contributed by atoms with Crippen LogP contribution in [0.1, 0.15) is 12.0 Å². The van der Waals surface area contributed by atoms with Gasteiger partial charge in [-0.1, -0.05) is 34.6 Å². The third-order valence-corrected chi connectivity index (χ3v) is 2.57. The number of carbonyl (C=O) groups is 1. The molecule has 0 radical (unpaired) electrons. The second-order valence-electron chi connectivity index (χ2n) is 3.23. The van der Waals surface area contributed by atoms with Crippen molar-refractivity contribution in [1.82, 2.24) is 0 Å². The molecular weight excluding hydrogens is 256 g/mol. The Morgan fingerprint density at radius 1 is 1.53 bits per heavy atom. The molecule has 0 aliphatic carbocycles. The first-order valence-electron chi connectivity index (χ1n) is 4.64. The fraction of sp³-hybridized carbons (Fsp3) is 0.250. The molecule has 0 saturated heterocycles. The number of hydrogen-bond acceptors (Lipinski definition) is 2. The van der Waals surface area contributed by atoms with Gasteiger partial charge in [-0.3, -0.25) is 0 Å². The van der Waals surface area contributed by atoms with E-state index < -0.39 is 0 Å². The Kier molecular flexibility index (Phi) is 4.56. The highest BCUT2D eigenvalue weighted by molar-refractivity contribution is 9.10. The lowest BCUT2D eigenvalue weighted by Gasteiger charge is -2.04. The van der Waals surface area contributed by atoms with Crippen LogP contribution in [-0.4, -0.2) is 13.1 Å². The first-order valence-corrected chi connectivity index (χ1v) is 5.43. The fourth-order valence-corrected chi connectivity index (χ4v) is 1.68. The maximum atomic E-state index is 11.1. The molecule has 1 aromatic carbocycles. The van der Waals surface area contributed by atoms with Crippen LogP contribution in [-0.2, 0) is 16.0 Å². The lowest BCUT2D eigenvalue weighted by molar-refractivity contribution is -0.136. The zero-order valence-electron chi connectivity index (χ0n) is 8.63.